The zero-order valence-corrected chi connectivity index (χ0v) is 14.2. The van der Waals surface area contributed by atoms with Crippen molar-refractivity contribution in [3.05, 3.63) is 17.8 Å². The fourth-order valence-electron chi connectivity index (χ4n) is 3.73. The number of nitrogens with zero attached hydrogens (tertiary/aromatic N) is 3. The number of anilines is 1. The van der Waals surface area contributed by atoms with Gasteiger partial charge in [-0.3, -0.25) is 0 Å². The van der Waals surface area contributed by atoms with Crippen LogP contribution in [0.25, 0.3) is 10.2 Å². The number of aromatic nitrogens is 2. The molecule has 4 heterocycles. The largest absolute Gasteiger partial charge is 0.381 e. The molecule has 0 saturated carbocycles. The van der Waals surface area contributed by atoms with Crippen LogP contribution in [0.3, 0.4) is 0 Å². The average molecular weight is 332 g/mol. The van der Waals surface area contributed by atoms with E-state index in [1.54, 1.807) is 17.7 Å². The molecular formula is C17H24N4OS. The van der Waals surface area contributed by atoms with Crippen molar-refractivity contribution < 1.29 is 4.74 Å². The number of thiophene rings is 1. The molecule has 124 valence electrons. The Balaban J connectivity index is 1.29. The Morgan fingerprint density at radius 1 is 1.17 bits per heavy atom. The third-order valence-corrected chi connectivity index (χ3v) is 6.07. The van der Waals surface area contributed by atoms with Gasteiger partial charge in [0.2, 0.25) is 0 Å². The topological polar surface area (TPSA) is 50.3 Å². The monoisotopic (exact) mass is 332 g/mol. The van der Waals surface area contributed by atoms with Gasteiger partial charge in [-0.25, -0.2) is 9.97 Å². The maximum absolute atomic E-state index is 5.48. The minimum atomic E-state index is 0.746. The van der Waals surface area contributed by atoms with Crippen molar-refractivity contribution in [2.45, 2.75) is 31.7 Å². The van der Waals surface area contributed by atoms with Crippen molar-refractivity contribution in [2.75, 3.05) is 38.2 Å². The van der Waals surface area contributed by atoms with Gasteiger partial charge >= 0.3 is 0 Å². The highest BCUT2D eigenvalue weighted by molar-refractivity contribution is 7.17. The zero-order chi connectivity index (χ0) is 15.5. The lowest BCUT2D eigenvalue weighted by atomic mass is 9.94. The summed E-state index contributed by atoms with van der Waals surface area (Å²) in [5.41, 5.74) is 1.04. The van der Waals surface area contributed by atoms with E-state index >= 15 is 0 Å². The second-order valence-corrected chi connectivity index (χ2v) is 7.48. The highest BCUT2D eigenvalue weighted by Gasteiger charge is 2.26. The van der Waals surface area contributed by atoms with E-state index in [9.17, 15) is 0 Å². The van der Waals surface area contributed by atoms with Crippen LogP contribution < -0.4 is 5.32 Å². The highest BCUT2D eigenvalue weighted by atomic mass is 32.1. The number of fused-ring (bicyclic) bond motifs is 1. The second-order valence-electron chi connectivity index (χ2n) is 6.56. The molecule has 0 aliphatic carbocycles. The molecule has 2 saturated heterocycles. The predicted molar refractivity (Wildman–Crippen MR) is 94.0 cm³/mol. The molecule has 6 heteroatoms. The summed E-state index contributed by atoms with van der Waals surface area (Å²) in [6.07, 6.45) is 6.64. The molecule has 23 heavy (non-hydrogen) atoms. The number of ether oxygens (including phenoxy) is 1. The van der Waals surface area contributed by atoms with E-state index < -0.39 is 0 Å². The summed E-state index contributed by atoms with van der Waals surface area (Å²) in [6, 6.07) is 2.81. The molecule has 2 aliphatic rings. The molecule has 0 radical (unpaired) electrons. The third-order valence-electron chi connectivity index (χ3n) is 5.16. The Labute approximate surface area is 141 Å². The maximum atomic E-state index is 5.48. The number of hydrogen-bond acceptors (Lipinski definition) is 6. The van der Waals surface area contributed by atoms with Crippen molar-refractivity contribution in [2.24, 2.45) is 5.92 Å². The summed E-state index contributed by atoms with van der Waals surface area (Å²) >= 11 is 1.71. The van der Waals surface area contributed by atoms with Crippen molar-refractivity contribution in [3.8, 4) is 0 Å². The van der Waals surface area contributed by atoms with Gasteiger partial charge in [0, 0.05) is 25.8 Å². The van der Waals surface area contributed by atoms with Crippen LogP contribution in [0.5, 0.6) is 0 Å². The normalized spacial score (nSPS) is 21.7. The molecule has 0 unspecified atom stereocenters. The molecule has 2 aliphatic heterocycles. The highest BCUT2D eigenvalue weighted by Crippen LogP contribution is 2.27. The van der Waals surface area contributed by atoms with E-state index in [1.165, 1.54) is 43.5 Å². The van der Waals surface area contributed by atoms with E-state index in [-0.39, 0.29) is 0 Å². The lowest BCUT2D eigenvalue weighted by Gasteiger charge is -2.39. The van der Waals surface area contributed by atoms with Crippen LogP contribution in [-0.2, 0) is 4.74 Å². The average Bonchev–Trinajstić information content (AvgIpc) is 3.10. The molecule has 2 aromatic heterocycles. The molecule has 2 fully saturated rings. The van der Waals surface area contributed by atoms with Crippen molar-refractivity contribution >= 4 is 27.4 Å². The summed E-state index contributed by atoms with van der Waals surface area (Å²) in [5, 5.41) is 5.64. The minimum Gasteiger partial charge on any atom is -0.381 e. The Kier molecular flexibility index (Phi) is 4.73. The van der Waals surface area contributed by atoms with Crippen molar-refractivity contribution in [3.63, 3.8) is 0 Å². The summed E-state index contributed by atoms with van der Waals surface area (Å²) in [4.78, 5) is 11.4. The van der Waals surface area contributed by atoms with E-state index in [4.69, 9.17) is 4.74 Å². The fraction of sp³-hybridized carbons (Fsp3) is 0.647. The van der Waals surface area contributed by atoms with Crippen LogP contribution in [0.4, 0.5) is 5.82 Å². The van der Waals surface area contributed by atoms with E-state index in [2.05, 4.69) is 31.6 Å². The van der Waals surface area contributed by atoms with Gasteiger partial charge in [-0.15, -0.1) is 11.3 Å². The number of hydrogen-bond donors (Lipinski definition) is 1. The van der Waals surface area contributed by atoms with Gasteiger partial charge in [-0.1, -0.05) is 0 Å². The Hall–Kier alpha value is -1.24. The predicted octanol–water partition coefficient (Wildman–Crippen LogP) is 2.99. The van der Waals surface area contributed by atoms with Crippen LogP contribution in [0, 0.1) is 5.92 Å². The zero-order valence-electron chi connectivity index (χ0n) is 13.4. The molecule has 0 bridgehead atoms. The molecule has 0 aromatic carbocycles. The van der Waals surface area contributed by atoms with Crippen molar-refractivity contribution in [1.29, 1.82) is 0 Å². The number of likely N-dealkylation sites (tertiary alicyclic amines) is 1. The summed E-state index contributed by atoms with van der Waals surface area (Å²) in [7, 11) is 0. The first-order valence-corrected chi connectivity index (χ1v) is 9.52. The molecular weight excluding hydrogens is 308 g/mol. The lowest BCUT2D eigenvalue weighted by Crippen LogP contribution is -2.44. The molecule has 0 atom stereocenters. The van der Waals surface area contributed by atoms with Gasteiger partial charge in [0.1, 0.15) is 12.1 Å². The summed E-state index contributed by atoms with van der Waals surface area (Å²) < 4.78 is 6.65. The van der Waals surface area contributed by atoms with Crippen LogP contribution in [0.2, 0.25) is 0 Å². The maximum Gasteiger partial charge on any atom is 0.147 e. The van der Waals surface area contributed by atoms with Crippen molar-refractivity contribution in [1.82, 2.24) is 14.9 Å². The number of nitrogens with one attached hydrogen (secondary N) is 1. The van der Waals surface area contributed by atoms with E-state index in [0.29, 0.717) is 0 Å². The summed E-state index contributed by atoms with van der Waals surface area (Å²) in [5.74, 6) is 1.74. The minimum absolute atomic E-state index is 0.746. The van der Waals surface area contributed by atoms with Crippen LogP contribution in [-0.4, -0.2) is 53.8 Å². The van der Waals surface area contributed by atoms with Crippen LogP contribution in [0.1, 0.15) is 25.7 Å². The molecule has 2 aromatic rings. The molecule has 0 amide bonds. The van der Waals surface area contributed by atoms with Gasteiger partial charge in [0.05, 0.1) is 10.2 Å². The van der Waals surface area contributed by atoms with E-state index in [0.717, 1.165) is 43.1 Å². The van der Waals surface area contributed by atoms with Gasteiger partial charge in [-0.2, -0.15) is 0 Å². The molecule has 5 nitrogen and oxygen atoms in total. The van der Waals surface area contributed by atoms with Gasteiger partial charge < -0.3 is 15.0 Å². The Morgan fingerprint density at radius 3 is 2.83 bits per heavy atom. The third kappa shape index (κ3) is 3.49. The fourth-order valence-corrected chi connectivity index (χ4v) is 4.54. The first-order chi connectivity index (χ1) is 11.4. The lowest BCUT2D eigenvalue weighted by molar-refractivity contribution is 0.0219. The Bertz CT molecular complexity index is 632. The molecule has 4 rings (SSSR count). The van der Waals surface area contributed by atoms with Gasteiger partial charge in [-0.05, 0) is 56.1 Å². The summed E-state index contributed by atoms with van der Waals surface area (Å²) in [6.45, 7) is 5.36. The first-order valence-electron chi connectivity index (χ1n) is 8.64. The Morgan fingerprint density at radius 2 is 2.00 bits per heavy atom. The quantitative estimate of drug-likeness (QED) is 0.933. The van der Waals surface area contributed by atoms with Gasteiger partial charge in [0.25, 0.3) is 0 Å². The standard InChI is InChI=1S/C17H24N4OS/c1-6-21(14-3-8-22-9-4-14)7-2-13(1)11-18-17-16-15(5-10-23-16)19-12-20-17/h5,10,12-14H,1-4,6-9,11H2,(H,18,19,20). The smallest absolute Gasteiger partial charge is 0.147 e. The van der Waals surface area contributed by atoms with Crippen LogP contribution in [0.15, 0.2) is 17.8 Å². The molecule has 0 spiro atoms. The molecule has 1 N–H and O–H groups in total. The SMILES string of the molecule is c1nc(NCC2CCN(C3CCOCC3)CC2)c2sccc2n1. The first kappa shape index (κ1) is 15.3. The number of rotatable bonds is 4. The van der Waals surface area contributed by atoms with Crippen LogP contribution >= 0.6 is 11.3 Å². The van der Waals surface area contributed by atoms with Gasteiger partial charge in [0.15, 0.2) is 0 Å². The van der Waals surface area contributed by atoms with E-state index in [1.807, 2.05) is 0 Å². The number of piperidine rings is 1. The second kappa shape index (κ2) is 7.11.